The molecule has 3 nitrogen and oxygen atoms in total. The molecule has 0 heterocycles. The Labute approximate surface area is 107 Å². The van der Waals surface area contributed by atoms with Gasteiger partial charge in [0.2, 0.25) is 0 Å². The highest BCUT2D eigenvalue weighted by Crippen LogP contribution is 2.17. The number of hydrazone groups is 1. The standard InChI is InChI=1S/C13H18N2OS/c1-10(2)14-15-13(16)11(3)17-9-12-7-5-4-6-8-12/h4-8,11H,9H2,1-3H3,(H,15,16)/t11-/m0/s1. The fourth-order valence-corrected chi connectivity index (χ4v) is 1.97. The zero-order chi connectivity index (χ0) is 12.7. The van der Waals surface area contributed by atoms with Crippen LogP contribution in [0, 0.1) is 0 Å². The first-order chi connectivity index (χ1) is 8.09. The molecular weight excluding hydrogens is 232 g/mol. The second-order valence-corrected chi connectivity index (χ2v) is 5.30. The highest BCUT2D eigenvalue weighted by atomic mass is 32.2. The normalized spacial score (nSPS) is 11.7. The van der Waals surface area contributed by atoms with Crippen LogP contribution < -0.4 is 5.43 Å². The minimum absolute atomic E-state index is 0.0490. The van der Waals surface area contributed by atoms with E-state index in [1.165, 1.54) is 5.56 Å². The first-order valence-electron chi connectivity index (χ1n) is 5.56. The molecule has 0 saturated heterocycles. The van der Waals surface area contributed by atoms with Gasteiger partial charge in [-0.1, -0.05) is 30.3 Å². The molecule has 1 aromatic carbocycles. The summed E-state index contributed by atoms with van der Waals surface area (Å²) in [4.78, 5) is 11.6. The zero-order valence-electron chi connectivity index (χ0n) is 10.4. The van der Waals surface area contributed by atoms with E-state index in [1.54, 1.807) is 11.8 Å². The van der Waals surface area contributed by atoms with Crippen LogP contribution in [-0.4, -0.2) is 16.9 Å². The maximum absolute atomic E-state index is 11.6. The van der Waals surface area contributed by atoms with Gasteiger partial charge in [-0.2, -0.15) is 5.10 Å². The van der Waals surface area contributed by atoms with Crippen molar-refractivity contribution >= 4 is 23.4 Å². The van der Waals surface area contributed by atoms with Crippen LogP contribution in [0.3, 0.4) is 0 Å². The molecule has 0 spiro atoms. The zero-order valence-corrected chi connectivity index (χ0v) is 11.3. The van der Waals surface area contributed by atoms with E-state index in [9.17, 15) is 4.79 Å². The number of benzene rings is 1. The monoisotopic (exact) mass is 250 g/mol. The Balaban J connectivity index is 2.37. The molecule has 1 rings (SSSR count). The van der Waals surface area contributed by atoms with Crippen molar-refractivity contribution in [3.63, 3.8) is 0 Å². The Morgan fingerprint density at radius 2 is 2.00 bits per heavy atom. The van der Waals surface area contributed by atoms with Crippen LogP contribution in [0.2, 0.25) is 0 Å². The number of hydrogen-bond acceptors (Lipinski definition) is 3. The third kappa shape index (κ3) is 5.54. The summed E-state index contributed by atoms with van der Waals surface area (Å²) in [5, 5.41) is 3.81. The molecule has 92 valence electrons. The molecule has 0 bridgehead atoms. The van der Waals surface area contributed by atoms with Crippen LogP contribution in [0.15, 0.2) is 35.4 Å². The molecule has 0 radical (unpaired) electrons. The van der Waals surface area contributed by atoms with Gasteiger partial charge in [0.1, 0.15) is 0 Å². The predicted octanol–water partition coefficient (Wildman–Crippen LogP) is 2.82. The van der Waals surface area contributed by atoms with Gasteiger partial charge in [-0.25, -0.2) is 5.43 Å². The molecule has 0 aliphatic carbocycles. The Morgan fingerprint density at radius 1 is 1.35 bits per heavy atom. The fraction of sp³-hybridized carbons (Fsp3) is 0.385. The molecule has 0 fully saturated rings. The molecule has 0 unspecified atom stereocenters. The maximum atomic E-state index is 11.6. The number of hydrogen-bond donors (Lipinski definition) is 1. The molecule has 1 N–H and O–H groups in total. The van der Waals surface area contributed by atoms with Crippen LogP contribution in [0.1, 0.15) is 26.3 Å². The van der Waals surface area contributed by atoms with E-state index < -0.39 is 0 Å². The van der Waals surface area contributed by atoms with E-state index in [-0.39, 0.29) is 11.2 Å². The second-order valence-electron chi connectivity index (χ2n) is 3.97. The number of rotatable bonds is 5. The van der Waals surface area contributed by atoms with Gasteiger partial charge in [-0.3, -0.25) is 4.79 Å². The minimum atomic E-state index is -0.0988. The summed E-state index contributed by atoms with van der Waals surface area (Å²) in [5.74, 6) is 0.789. The van der Waals surface area contributed by atoms with Crippen LogP contribution in [0.5, 0.6) is 0 Å². The average Bonchev–Trinajstić information content (AvgIpc) is 2.34. The highest BCUT2D eigenvalue weighted by molar-refractivity contribution is 7.99. The van der Waals surface area contributed by atoms with Crippen LogP contribution in [0.4, 0.5) is 0 Å². The summed E-state index contributed by atoms with van der Waals surface area (Å²) >= 11 is 1.61. The lowest BCUT2D eigenvalue weighted by Gasteiger charge is -2.09. The van der Waals surface area contributed by atoms with Gasteiger partial charge in [0.05, 0.1) is 5.25 Å². The van der Waals surface area contributed by atoms with Crippen molar-refractivity contribution in [1.82, 2.24) is 5.43 Å². The van der Waals surface area contributed by atoms with Crippen molar-refractivity contribution in [2.45, 2.75) is 31.8 Å². The van der Waals surface area contributed by atoms with Crippen molar-refractivity contribution in [2.24, 2.45) is 5.10 Å². The molecule has 1 aromatic rings. The molecule has 1 atom stereocenters. The molecule has 0 saturated carbocycles. The molecule has 0 aromatic heterocycles. The Morgan fingerprint density at radius 3 is 2.59 bits per heavy atom. The van der Waals surface area contributed by atoms with Crippen LogP contribution in [-0.2, 0) is 10.5 Å². The van der Waals surface area contributed by atoms with Gasteiger partial charge < -0.3 is 0 Å². The summed E-state index contributed by atoms with van der Waals surface area (Å²) < 4.78 is 0. The predicted molar refractivity (Wildman–Crippen MR) is 74.1 cm³/mol. The summed E-state index contributed by atoms with van der Waals surface area (Å²) in [6.45, 7) is 5.59. The number of carbonyl (C=O) groups is 1. The molecular formula is C13H18N2OS. The largest absolute Gasteiger partial charge is 0.272 e. The van der Waals surface area contributed by atoms with Crippen molar-refractivity contribution < 1.29 is 4.79 Å². The van der Waals surface area contributed by atoms with Gasteiger partial charge in [0.25, 0.3) is 5.91 Å². The fourth-order valence-electron chi connectivity index (χ4n) is 1.13. The summed E-state index contributed by atoms with van der Waals surface area (Å²) in [5.41, 5.74) is 4.62. The van der Waals surface area contributed by atoms with Gasteiger partial charge in [-0.05, 0) is 26.3 Å². The highest BCUT2D eigenvalue weighted by Gasteiger charge is 2.12. The van der Waals surface area contributed by atoms with Gasteiger partial charge in [0, 0.05) is 11.5 Å². The van der Waals surface area contributed by atoms with E-state index in [0.717, 1.165) is 11.5 Å². The van der Waals surface area contributed by atoms with E-state index in [0.29, 0.717) is 0 Å². The van der Waals surface area contributed by atoms with Crippen LogP contribution >= 0.6 is 11.8 Å². The smallest absolute Gasteiger partial charge is 0.252 e. The van der Waals surface area contributed by atoms with Crippen molar-refractivity contribution in [3.05, 3.63) is 35.9 Å². The molecule has 0 aliphatic heterocycles. The third-order valence-electron chi connectivity index (χ3n) is 2.10. The molecule has 4 heteroatoms. The van der Waals surface area contributed by atoms with Crippen molar-refractivity contribution in [2.75, 3.05) is 0 Å². The number of carbonyl (C=O) groups excluding carboxylic acids is 1. The first kappa shape index (κ1) is 13.8. The number of thioether (sulfide) groups is 1. The Bertz CT molecular complexity index is 386. The van der Waals surface area contributed by atoms with Crippen molar-refractivity contribution in [1.29, 1.82) is 0 Å². The van der Waals surface area contributed by atoms with E-state index in [4.69, 9.17) is 0 Å². The first-order valence-corrected chi connectivity index (χ1v) is 6.60. The van der Waals surface area contributed by atoms with E-state index >= 15 is 0 Å². The number of amides is 1. The lowest BCUT2D eigenvalue weighted by atomic mass is 10.2. The van der Waals surface area contributed by atoms with E-state index in [2.05, 4.69) is 22.7 Å². The Kier molecular flexibility index (Phi) is 5.77. The topological polar surface area (TPSA) is 41.5 Å². The minimum Gasteiger partial charge on any atom is -0.272 e. The molecule has 1 amide bonds. The number of nitrogens with zero attached hydrogens (tertiary/aromatic N) is 1. The number of nitrogens with one attached hydrogen (secondary N) is 1. The summed E-state index contributed by atoms with van der Waals surface area (Å²) in [7, 11) is 0. The lowest BCUT2D eigenvalue weighted by Crippen LogP contribution is -2.27. The summed E-state index contributed by atoms with van der Waals surface area (Å²) in [6, 6.07) is 10.1. The van der Waals surface area contributed by atoms with Gasteiger partial charge in [0.15, 0.2) is 0 Å². The quantitative estimate of drug-likeness (QED) is 0.645. The molecule has 17 heavy (non-hydrogen) atoms. The average molecular weight is 250 g/mol. The van der Waals surface area contributed by atoms with Crippen LogP contribution in [0.25, 0.3) is 0 Å². The lowest BCUT2D eigenvalue weighted by molar-refractivity contribution is -0.120. The second kappa shape index (κ2) is 7.12. The van der Waals surface area contributed by atoms with Gasteiger partial charge >= 0.3 is 0 Å². The maximum Gasteiger partial charge on any atom is 0.252 e. The van der Waals surface area contributed by atoms with E-state index in [1.807, 2.05) is 39.0 Å². The summed E-state index contributed by atoms with van der Waals surface area (Å²) in [6.07, 6.45) is 0. The van der Waals surface area contributed by atoms with Gasteiger partial charge in [-0.15, -0.1) is 11.8 Å². The SMILES string of the molecule is CC(C)=NNC(=O)[C@H](C)SCc1ccccc1. The third-order valence-corrected chi connectivity index (χ3v) is 3.32. The van der Waals surface area contributed by atoms with Crippen molar-refractivity contribution in [3.8, 4) is 0 Å². The Hall–Kier alpha value is -1.29. The molecule has 0 aliphatic rings.